The first-order valence-electron chi connectivity index (χ1n) is 21.6. The van der Waals surface area contributed by atoms with Crippen LogP contribution < -0.4 is 4.90 Å². The zero-order chi connectivity index (χ0) is 41.6. The van der Waals surface area contributed by atoms with E-state index in [0.29, 0.717) is 0 Å². The highest BCUT2D eigenvalue weighted by molar-refractivity contribution is 5.89. The molecule has 0 saturated heterocycles. The lowest BCUT2D eigenvalue weighted by atomic mass is 9.81. The van der Waals surface area contributed by atoms with Gasteiger partial charge in [-0.1, -0.05) is 190 Å². The van der Waals surface area contributed by atoms with Gasteiger partial charge in [-0.2, -0.15) is 0 Å². The molecule has 0 atom stereocenters. The minimum Gasteiger partial charge on any atom is -0.310 e. The third-order valence-electron chi connectivity index (χ3n) is 12.9. The molecule has 0 fully saturated rings. The molecule has 0 radical (unpaired) electrons. The van der Waals surface area contributed by atoms with Gasteiger partial charge in [-0.3, -0.25) is 0 Å². The van der Waals surface area contributed by atoms with Crippen LogP contribution in [0, 0.1) is 0 Å². The van der Waals surface area contributed by atoms with E-state index < -0.39 is 0 Å². The normalized spacial score (nSPS) is 12.5. The number of fused-ring (bicyclic) bond motifs is 4. The van der Waals surface area contributed by atoms with E-state index >= 15 is 0 Å². The van der Waals surface area contributed by atoms with Crippen LogP contribution in [0.2, 0.25) is 0 Å². The Morgan fingerprint density at radius 2 is 0.694 bits per heavy atom. The summed E-state index contributed by atoms with van der Waals surface area (Å²) in [6.07, 6.45) is 0. The number of hydrogen-bond donors (Lipinski definition) is 0. The zero-order valence-corrected chi connectivity index (χ0v) is 35.0. The monoisotopic (exact) mass is 791 g/mol. The molecule has 0 heterocycles. The van der Waals surface area contributed by atoms with Crippen molar-refractivity contribution in [3.8, 4) is 66.8 Å². The standard InChI is InChI=1S/C61H45N/c1-61(2)59-24-9-8-23-57(59)58-36-31-53(41-60(58)61)45-29-34-55(35-30-45)62(56-22-12-21-51(40-56)42-13-4-3-5-14-42)54-32-27-44(28-33-54)47-17-10-18-48(37-47)49-19-11-20-50(39-49)52-26-25-43-15-6-7-16-46(43)38-52/h3-41H,1-2H3. The molecular formula is C61H45N. The van der Waals surface area contributed by atoms with E-state index in [1.54, 1.807) is 0 Å². The van der Waals surface area contributed by atoms with Gasteiger partial charge in [0.1, 0.15) is 0 Å². The molecule has 0 N–H and O–H groups in total. The first-order chi connectivity index (χ1) is 30.5. The molecule has 10 aromatic rings. The summed E-state index contributed by atoms with van der Waals surface area (Å²) < 4.78 is 0. The van der Waals surface area contributed by atoms with E-state index in [1.807, 2.05) is 0 Å². The highest BCUT2D eigenvalue weighted by Gasteiger charge is 2.35. The summed E-state index contributed by atoms with van der Waals surface area (Å²) in [6.45, 7) is 4.69. The Bertz CT molecular complexity index is 3250. The average Bonchev–Trinajstić information content (AvgIpc) is 3.57. The molecule has 0 aromatic heterocycles. The molecule has 1 aliphatic rings. The molecule has 1 heteroatoms. The van der Waals surface area contributed by atoms with Crippen molar-refractivity contribution in [1.29, 1.82) is 0 Å². The molecule has 11 rings (SSSR count). The first-order valence-corrected chi connectivity index (χ1v) is 21.6. The fourth-order valence-corrected chi connectivity index (χ4v) is 9.52. The van der Waals surface area contributed by atoms with Crippen LogP contribution in [-0.4, -0.2) is 0 Å². The molecule has 1 aliphatic carbocycles. The summed E-state index contributed by atoms with van der Waals surface area (Å²) in [6, 6.07) is 86.5. The summed E-state index contributed by atoms with van der Waals surface area (Å²) in [4.78, 5) is 2.37. The smallest absolute Gasteiger partial charge is 0.0467 e. The number of hydrogen-bond acceptors (Lipinski definition) is 1. The van der Waals surface area contributed by atoms with Crippen LogP contribution in [0.5, 0.6) is 0 Å². The topological polar surface area (TPSA) is 3.24 Å². The fraction of sp³-hybridized carbons (Fsp3) is 0.0492. The summed E-state index contributed by atoms with van der Waals surface area (Å²) in [5, 5.41) is 2.51. The summed E-state index contributed by atoms with van der Waals surface area (Å²) in [5.41, 5.74) is 20.8. The van der Waals surface area contributed by atoms with Gasteiger partial charge in [-0.15, -0.1) is 0 Å². The second-order valence-electron chi connectivity index (χ2n) is 17.0. The Kier molecular flexibility index (Phi) is 9.24. The predicted molar refractivity (Wildman–Crippen MR) is 263 cm³/mol. The van der Waals surface area contributed by atoms with Crippen LogP contribution in [0.15, 0.2) is 237 Å². The largest absolute Gasteiger partial charge is 0.310 e. The Morgan fingerprint density at radius 1 is 0.258 bits per heavy atom. The molecule has 0 amide bonds. The predicted octanol–water partition coefficient (Wildman–Crippen LogP) is 17.0. The number of anilines is 3. The lowest BCUT2D eigenvalue weighted by Crippen LogP contribution is -2.14. The molecule has 0 spiro atoms. The maximum absolute atomic E-state index is 2.40. The van der Waals surface area contributed by atoms with Crippen LogP contribution in [0.4, 0.5) is 17.1 Å². The third kappa shape index (κ3) is 6.79. The van der Waals surface area contributed by atoms with Gasteiger partial charge in [-0.05, 0) is 149 Å². The van der Waals surface area contributed by atoms with Crippen molar-refractivity contribution in [2.75, 3.05) is 4.90 Å². The van der Waals surface area contributed by atoms with E-state index in [1.165, 1.54) is 88.7 Å². The Labute approximate surface area is 364 Å². The van der Waals surface area contributed by atoms with Crippen molar-refractivity contribution in [1.82, 2.24) is 0 Å². The maximum atomic E-state index is 2.40. The zero-order valence-electron chi connectivity index (χ0n) is 35.0. The van der Waals surface area contributed by atoms with Gasteiger partial charge < -0.3 is 4.90 Å². The molecule has 0 unspecified atom stereocenters. The van der Waals surface area contributed by atoms with Crippen LogP contribution in [-0.2, 0) is 5.41 Å². The van der Waals surface area contributed by atoms with Gasteiger partial charge in [0.25, 0.3) is 0 Å². The Morgan fingerprint density at radius 3 is 1.35 bits per heavy atom. The van der Waals surface area contributed by atoms with E-state index in [0.717, 1.165) is 17.1 Å². The number of benzene rings is 10. The molecular weight excluding hydrogens is 747 g/mol. The molecule has 294 valence electrons. The van der Waals surface area contributed by atoms with Crippen molar-refractivity contribution in [2.24, 2.45) is 0 Å². The first kappa shape index (κ1) is 37.3. The van der Waals surface area contributed by atoms with Crippen LogP contribution in [0.3, 0.4) is 0 Å². The number of rotatable bonds is 8. The Balaban J connectivity index is 0.923. The van der Waals surface area contributed by atoms with Gasteiger partial charge in [-0.25, -0.2) is 0 Å². The van der Waals surface area contributed by atoms with E-state index in [-0.39, 0.29) is 5.41 Å². The highest BCUT2D eigenvalue weighted by atomic mass is 15.1. The van der Waals surface area contributed by atoms with Crippen molar-refractivity contribution < 1.29 is 0 Å². The fourth-order valence-electron chi connectivity index (χ4n) is 9.52. The quantitative estimate of drug-likeness (QED) is 0.148. The molecule has 0 aliphatic heterocycles. The van der Waals surface area contributed by atoms with Crippen molar-refractivity contribution in [3.63, 3.8) is 0 Å². The minimum absolute atomic E-state index is 0.0422. The van der Waals surface area contributed by atoms with Crippen molar-refractivity contribution in [3.05, 3.63) is 248 Å². The lowest BCUT2D eigenvalue weighted by Gasteiger charge is -2.26. The van der Waals surface area contributed by atoms with Crippen LogP contribution in [0.1, 0.15) is 25.0 Å². The third-order valence-corrected chi connectivity index (χ3v) is 12.9. The van der Waals surface area contributed by atoms with E-state index in [2.05, 4.69) is 255 Å². The average molecular weight is 792 g/mol. The second kappa shape index (κ2) is 15.4. The summed E-state index contributed by atoms with van der Waals surface area (Å²) in [5.74, 6) is 0. The summed E-state index contributed by atoms with van der Waals surface area (Å²) >= 11 is 0. The SMILES string of the molecule is CC1(C)c2ccccc2-c2ccc(-c3ccc(N(c4ccc(-c5cccc(-c6cccc(-c7ccc8ccccc8c7)c6)c5)cc4)c4cccc(-c5ccccc5)c4)cc3)cc21. The van der Waals surface area contributed by atoms with Crippen LogP contribution >= 0.6 is 0 Å². The second-order valence-corrected chi connectivity index (χ2v) is 17.0. The lowest BCUT2D eigenvalue weighted by molar-refractivity contribution is 0.660. The highest BCUT2D eigenvalue weighted by Crippen LogP contribution is 2.49. The van der Waals surface area contributed by atoms with Gasteiger partial charge in [0.05, 0.1) is 0 Å². The minimum atomic E-state index is -0.0422. The van der Waals surface area contributed by atoms with Crippen molar-refractivity contribution >= 4 is 27.8 Å². The summed E-state index contributed by atoms with van der Waals surface area (Å²) in [7, 11) is 0. The van der Waals surface area contributed by atoms with E-state index in [4.69, 9.17) is 0 Å². The van der Waals surface area contributed by atoms with Gasteiger partial charge in [0.15, 0.2) is 0 Å². The van der Waals surface area contributed by atoms with E-state index in [9.17, 15) is 0 Å². The van der Waals surface area contributed by atoms with Gasteiger partial charge in [0.2, 0.25) is 0 Å². The van der Waals surface area contributed by atoms with Gasteiger partial charge >= 0.3 is 0 Å². The molecule has 10 aromatic carbocycles. The van der Waals surface area contributed by atoms with Gasteiger partial charge in [0, 0.05) is 22.5 Å². The molecule has 0 bridgehead atoms. The number of nitrogens with zero attached hydrogens (tertiary/aromatic N) is 1. The molecule has 0 saturated carbocycles. The molecule has 62 heavy (non-hydrogen) atoms. The van der Waals surface area contributed by atoms with Crippen LogP contribution in [0.25, 0.3) is 77.5 Å². The molecule has 1 nitrogen and oxygen atoms in total. The van der Waals surface area contributed by atoms with Crippen molar-refractivity contribution in [2.45, 2.75) is 19.3 Å². The Hall–Kier alpha value is -7.74. The maximum Gasteiger partial charge on any atom is 0.0467 e.